The van der Waals surface area contributed by atoms with Gasteiger partial charge in [-0.1, -0.05) is 30.3 Å². The van der Waals surface area contributed by atoms with Crippen LogP contribution >= 0.6 is 0 Å². The van der Waals surface area contributed by atoms with E-state index in [1.165, 1.54) is 0 Å². The highest BCUT2D eigenvalue weighted by atomic mass is 19.4. The third-order valence-corrected chi connectivity index (χ3v) is 3.30. The molecule has 0 radical (unpaired) electrons. The lowest BCUT2D eigenvalue weighted by Crippen LogP contribution is -2.35. The molecule has 14 heteroatoms. The monoisotopic (exact) mass is 477 g/mol. The van der Waals surface area contributed by atoms with Gasteiger partial charge in [0.1, 0.15) is 0 Å². The predicted octanol–water partition coefficient (Wildman–Crippen LogP) is 2.02. The fourth-order valence-corrected chi connectivity index (χ4v) is 1.81. The highest BCUT2D eigenvalue weighted by Gasteiger charge is 2.38. The number of rotatable bonds is 8. The third-order valence-electron chi connectivity index (χ3n) is 3.30. The molecule has 1 amide bonds. The van der Waals surface area contributed by atoms with Gasteiger partial charge < -0.3 is 26.6 Å². The van der Waals surface area contributed by atoms with Crippen LogP contribution in [0.3, 0.4) is 0 Å². The second-order valence-corrected chi connectivity index (χ2v) is 5.93. The smallest absolute Gasteiger partial charge is 0.475 e. The van der Waals surface area contributed by atoms with Gasteiger partial charge in [0.2, 0.25) is 5.91 Å². The van der Waals surface area contributed by atoms with Crippen molar-refractivity contribution in [3.05, 3.63) is 35.9 Å². The van der Waals surface area contributed by atoms with Gasteiger partial charge in [0.05, 0.1) is 6.42 Å². The lowest BCUT2D eigenvalue weighted by atomic mass is 10.1. The average molecular weight is 477 g/mol. The van der Waals surface area contributed by atoms with E-state index in [0.29, 0.717) is 19.5 Å². The molecule has 0 saturated heterocycles. The number of hydrogen-bond acceptors (Lipinski definition) is 5. The minimum atomic E-state index is -5.08. The number of aliphatic carboxylic acids is 2. The summed E-state index contributed by atoms with van der Waals surface area (Å²) in [5.41, 5.74) is 12.0. The van der Waals surface area contributed by atoms with Crippen LogP contribution in [-0.2, 0) is 20.8 Å². The Morgan fingerprint density at radius 1 is 0.781 bits per heavy atom. The highest BCUT2D eigenvalue weighted by Crippen LogP contribution is 2.13. The molecule has 0 aliphatic rings. The van der Waals surface area contributed by atoms with Gasteiger partial charge in [-0.3, -0.25) is 4.79 Å². The Bertz CT molecular complexity index is 652. The summed E-state index contributed by atoms with van der Waals surface area (Å²) >= 11 is 0. The number of benzene rings is 1. The summed E-state index contributed by atoms with van der Waals surface area (Å²) in [6, 6.07) is 9.80. The van der Waals surface area contributed by atoms with E-state index >= 15 is 0 Å². The number of hydrogen-bond donors (Lipinski definition) is 4. The quantitative estimate of drug-likeness (QED) is 0.419. The van der Waals surface area contributed by atoms with E-state index in [-0.39, 0.29) is 5.91 Å². The van der Waals surface area contributed by atoms with Gasteiger partial charge in [-0.2, -0.15) is 26.3 Å². The van der Waals surface area contributed by atoms with Crippen molar-refractivity contribution < 1.29 is 50.9 Å². The van der Waals surface area contributed by atoms with E-state index in [1.807, 2.05) is 35.2 Å². The van der Waals surface area contributed by atoms with Crippen molar-refractivity contribution in [2.75, 3.05) is 26.2 Å². The van der Waals surface area contributed by atoms with Crippen LogP contribution < -0.4 is 11.5 Å². The van der Waals surface area contributed by atoms with Crippen LogP contribution in [0, 0.1) is 0 Å². The van der Waals surface area contributed by atoms with Crippen molar-refractivity contribution in [3.8, 4) is 0 Å². The van der Waals surface area contributed by atoms with Crippen LogP contribution in [0.25, 0.3) is 0 Å². The molecular formula is C18H25F6N3O5. The molecule has 0 aliphatic carbocycles. The van der Waals surface area contributed by atoms with E-state index in [1.54, 1.807) is 0 Å². The molecule has 0 atom stereocenters. The summed E-state index contributed by atoms with van der Waals surface area (Å²) < 4.78 is 63.5. The first-order valence-corrected chi connectivity index (χ1v) is 8.98. The Morgan fingerprint density at radius 3 is 1.41 bits per heavy atom. The molecule has 1 rings (SSSR count). The summed E-state index contributed by atoms with van der Waals surface area (Å²) in [4.78, 5) is 31.8. The molecule has 0 bridgehead atoms. The first-order chi connectivity index (χ1) is 14.7. The molecule has 0 heterocycles. The molecule has 0 spiro atoms. The Labute approximate surface area is 179 Å². The molecule has 0 fully saturated rings. The zero-order valence-corrected chi connectivity index (χ0v) is 16.8. The van der Waals surface area contributed by atoms with Crippen LogP contribution in [-0.4, -0.2) is 71.5 Å². The Morgan fingerprint density at radius 2 is 1.12 bits per heavy atom. The van der Waals surface area contributed by atoms with E-state index in [2.05, 4.69) is 0 Å². The van der Waals surface area contributed by atoms with Gasteiger partial charge in [0.15, 0.2) is 0 Å². The second kappa shape index (κ2) is 15.9. The number of halogens is 6. The third kappa shape index (κ3) is 16.9. The van der Waals surface area contributed by atoms with Gasteiger partial charge in [-0.05, 0) is 31.5 Å². The van der Waals surface area contributed by atoms with Crippen molar-refractivity contribution in [2.24, 2.45) is 11.5 Å². The van der Waals surface area contributed by atoms with E-state index in [0.717, 1.165) is 31.5 Å². The number of nitrogens with two attached hydrogens (primary N) is 2. The van der Waals surface area contributed by atoms with Crippen molar-refractivity contribution in [3.63, 3.8) is 0 Å². The van der Waals surface area contributed by atoms with Crippen molar-refractivity contribution in [1.82, 2.24) is 4.90 Å². The number of carboxylic acids is 2. The highest BCUT2D eigenvalue weighted by molar-refractivity contribution is 5.78. The van der Waals surface area contributed by atoms with Crippen molar-refractivity contribution in [1.29, 1.82) is 0 Å². The molecule has 184 valence electrons. The number of alkyl halides is 6. The van der Waals surface area contributed by atoms with Gasteiger partial charge in [-0.25, -0.2) is 9.59 Å². The Balaban J connectivity index is 0. The maximum absolute atomic E-state index is 12.2. The first-order valence-electron chi connectivity index (χ1n) is 8.98. The molecular weight excluding hydrogens is 452 g/mol. The molecule has 32 heavy (non-hydrogen) atoms. The number of carboxylic acid groups (broad SMARTS) is 2. The van der Waals surface area contributed by atoms with Crippen LogP contribution in [0.4, 0.5) is 26.3 Å². The molecule has 0 aliphatic heterocycles. The zero-order valence-electron chi connectivity index (χ0n) is 16.8. The number of carbonyl (C=O) groups is 3. The van der Waals surface area contributed by atoms with Crippen LogP contribution in [0.2, 0.25) is 0 Å². The number of amides is 1. The minimum absolute atomic E-state index is 0.156. The topological polar surface area (TPSA) is 147 Å². The van der Waals surface area contributed by atoms with E-state index in [9.17, 15) is 31.1 Å². The van der Waals surface area contributed by atoms with Gasteiger partial charge in [-0.15, -0.1) is 0 Å². The summed E-state index contributed by atoms with van der Waals surface area (Å²) in [6.07, 6.45) is -8.04. The molecule has 0 unspecified atom stereocenters. The molecule has 8 nitrogen and oxygen atoms in total. The first kappa shape index (κ1) is 31.3. The summed E-state index contributed by atoms with van der Waals surface area (Å²) in [5, 5.41) is 14.2. The number of carbonyl (C=O) groups excluding carboxylic acids is 1. The van der Waals surface area contributed by atoms with Crippen LogP contribution in [0.15, 0.2) is 30.3 Å². The minimum Gasteiger partial charge on any atom is -0.475 e. The second-order valence-electron chi connectivity index (χ2n) is 5.93. The summed E-state index contributed by atoms with van der Waals surface area (Å²) in [6.45, 7) is 2.67. The maximum Gasteiger partial charge on any atom is 0.490 e. The van der Waals surface area contributed by atoms with E-state index < -0.39 is 24.3 Å². The summed E-state index contributed by atoms with van der Waals surface area (Å²) in [7, 11) is 0. The van der Waals surface area contributed by atoms with Gasteiger partial charge in [0, 0.05) is 13.1 Å². The molecule has 0 aromatic heterocycles. The average Bonchev–Trinajstić information content (AvgIpc) is 2.68. The number of nitrogens with zero attached hydrogens (tertiary/aromatic N) is 1. The van der Waals surface area contributed by atoms with Crippen molar-refractivity contribution >= 4 is 17.8 Å². The fourth-order valence-electron chi connectivity index (χ4n) is 1.81. The maximum atomic E-state index is 12.2. The fraction of sp³-hybridized carbons (Fsp3) is 0.500. The zero-order chi connectivity index (χ0) is 25.4. The standard InChI is InChI=1S/C14H23N3O.2C2HF3O2/c15-8-4-10-17(11-5-9-16)14(18)12-13-6-2-1-3-7-13;2*3-2(4,5)1(6)7/h1-3,6-7H,4-5,8-12,15-16H2;2*(H,6,7). The molecule has 1 aromatic rings. The Kier molecular flexibility index (Phi) is 15.5. The predicted molar refractivity (Wildman–Crippen MR) is 101 cm³/mol. The Hall–Kier alpha value is -2.87. The summed E-state index contributed by atoms with van der Waals surface area (Å²) in [5.74, 6) is -5.36. The lowest BCUT2D eigenvalue weighted by Gasteiger charge is -2.22. The largest absolute Gasteiger partial charge is 0.490 e. The van der Waals surface area contributed by atoms with E-state index in [4.69, 9.17) is 31.3 Å². The van der Waals surface area contributed by atoms with Gasteiger partial charge in [0.25, 0.3) is 0 Å². The van der Waals surface area contributed by atoms with Crippen LogP contribution in [0.1, 0.15) is 18.4 Å². The van der Waals surface area contributed by atoms with Crippen molar-refractivity contribution in [2.45, 2.75) is 31.6 Å². The van der Waals surface area contributed by atoms with Gasteiger partial charge >= 0.3 is 24.3 Å². The van der Waals surface area contributed by atoms with Crippen LogP contribution in [0.5, 0.6) is 0 Å². The molecule has 1 aromatic carbocycles. The molecule has 0 saturated carbocycles. The normalized spacial score (nSPS) is 10.8. The lowest BCUT2D eigenvalue weighted by molar-refractivity contribution is -0.193. The SMILES string of the molecule is NCCCN(CCCN)C(=O)Cc1ccccc1.O=C(O)C(F)(F)F.O=C(O)C(F)(F)F. The molecule has 6 N–H and O–H groups in total.